The Morgan fingerprint density at radius 1 is 0.952 bits per heavy atom. The van der Waals surface area contributed by atoms with Gasteiger partial charge in [0.1, 0.15) is 0 Å². The maximum atomic E-state index is 15.6. The van der Waals surface area contributed by atoms with E-state index in [-0.39, 0.29) is 17.9 Å². The average molecular weight is 865 g/mol. The first-order chi connectivity index (χ1) is 30.2. The molecule has 2 N–H and O–H groups in total. The SMILES string of the molecule is CC[C@]1(O)C[C@H]2CN(CCC3=C(Bc4ccc(N5CCC5)cc43)[C@@](C(=O)OC)(C3C=C4C(=CC3OC)N(C)[C@H]3[C@@](O)(C(=O)OC)[C@H](OC(C)=O)[C@]5(CC)C=CCN6CC[C@]43[C@@H]65)C2)C1. The number of ether oxygens (including phenoxy) is 4. The molecule has 1 aromatic rings. The molecule has 12 atom stereocenters. The van der Waals surface area contributed by atoms with Gasteiger partial charge >= 0.3 is 17.9 Å². The molecule has 9 aliphatic rings. The van der Waals surface area contributed by atoms with Crippen LogP contribution in [0.25, 0.3) is 5.57 Å². The molecule has 14 heteroatoms. The van der Waals surface area contributed by atoms with Crippen molar-refractivity contribution in [3.05, 3.63) is 64.8 Å². The van der Waals surface area contributed by atoms with E-state index in [1.54, 1.807) is 7.11 Å². The lowest BCUT2D eigenvalue weighted by Gasteiger charge is -2.63. The molecule has 0 radical (unpaired) electrons. The van der Waals surface area contributed by atoms with Crippen LogP contribution in [0.1, 0.15) is 71.3 Å². The minimum Gasteiger partial charge on any atom is -0.468 e. The Labute approximate surface area is 372 Å². The van der Waals surface area contributed by atoms with Crippen molar-refractivity contribution in [2.75, 3.05) is 79.1 Å². The molecule has 2 bridgehead atoms. The average Bonchev–Trinajstić information content (AvgIpc) is 3.91. The molecule has 338 valence electrons. The summed E-state index contributed by atoms with van der Waals surface area (Å²) in [6.07, 6.45) is 11.3. The van der Waals surface area contributed by atoms with Gasteiger partial charge in [-0.3, -0.25) is 19.4 Å². The van der Waals surface area contributed by atoms with Crippen LogP contribution in [0.15, 0.2) is 59.2 Å². The number of fused-ring (bicyclic) bond motifs is 5. The van der Waals surface area contributed by atoms with E-state index in [0.717, 1.165) is 49.3 Å². The van der Waals surface area contributed by atoms with E-state index in [2.05, 4.69) is 64.1 Å². The van der Waals surface area contributed by atoms with Gasteiger partial charge in [0.25, 0.3) is 0 Å². The molecule has 7 aliphatic heterocycles. The summed E-state index contributed by atoms with van der Waals surface area (Å²) in [7, 11) is 6.97. The summed E-state index contributed by atoms with van der Waals surface area (Å²) in [6.45, 7) is 10.9. The molecule has 63 heavy (non-hydrogen) atoms. The number of methoxy groups -OCH3 is 3. The first-order valence-corrected chi connectivity index (χ1v) is 23.4. The number of allylic oxidation sites excluding steroid dienone is 1. The Balaban J connectivity index is 1.23. The van der Waals surface area contributed by atoms with Gasteiger partial charge < -0.3 is 39.0 Å². The zero-order valence-corrected chi connectivity index (χ0v) is 38.2. The van der Waals surface area contributed by atoms with Gasteiger partial charge in [-0.15, -0.1) is 0 Å². The van der Waals surface area contributed by atoms with E-state index >= 15 is 4.79 Å². The smallest absolute Gasteiger partial charge is 0.344 e. The van der Waals surface area contributed by atoms with Gasteiger partial charge in [0, 0.05) is 94.5 Å². The standard InChI is InChI=1S/C49H65BN4O9/c1-8-45(58)25-30-26-48(43(56)61-6,39-32(14-20-52(27-30)28-45)33-22-31(53-18-11-19-53)12-13-36(33)50-39)35-23-34-37(24-38(35)60-5)51(4)41-47(34)16-21-54-17-10-15-46(9-2,40(47)54)42(63-29(3)55)49(41,59)44(57)62-7/h10,12-13,15,22-24,30,35,38,40-42,50,58-59H,8-9,11,14,16-21,25-28H2,1-7H3/t30-,35?,38?,40+,41-,42-,45+,46-,47-,48+,49+/m1/s1. The zero-order chi connectivity index (χ0) is 44.4. The number of carbonyl (C=O) groups excluding carboxylic acids is 3. The van der Waals surface area contributed by atoms with E-state index in [9.17, 15) is 19.8 Å². The van der Waals surface area contributed by atoms with Crippen LogP contribution >= 0.6 is 0 Å². The predicted molar refractivity (Wildman–Crippen MR) is 239 cm³/mol. The first kappa shape index (κ1) is 43.0. The van der Waals surface area contributed by atoms with Crippen molar-refractivity contribution in [3.63, 3.8) is 0 Å². The van der Waals surface area contributed by atoms with Gasteiger partial charge in [0.15, 0.2) is 13.4 Å². The largest absolute Gasteiger partial charge is 0.468 e. The lowest BCUT2D eigenvalue weighted by molar-refractivity contribution is -0.243. The predicted octanol–water partition coefficient (Wildman–Crippen LogP) is 2.74. The molecular weight excluding hydrogens is 799 g/mol. The van der Waals surface area contributed by atoms with Crippen LogP contribution in [0.3, 0.4) is 0 Å². The third-order valence-corrected chi connectivity index (χ3v) is 17.7. The highest BCUT2D eigenvalue weighted by molar-refractivity contribution is 6.67. The summed E-state index contributed by atoms with van der Waals surface area (Å²) in [5, 5.41) is 25.6. The quantitative estimate of drug-likeness (QED) is 0.172. The summed E-state index contributed by atoms with van der Waals surface area (Å²) < 4.78 is 24.4. The van der Waals surface area contributed by atoms with Crippen LogP contribution in [0.4, 0.5) is 5.69 Å². The van der Waals surface area contributed by atoms with Gasteiger partial charge in [-0.25, -0.2) is 4.79 Å². The molecule has 2 aliphatic carbocycles. The number of aliphatic hydroxyl groups is 2. The number of nitrogens with zero attached hydrogens (tertiary/aromatic N) is 4. The molecule has 3 unspecified atom stereocenters. The maximum absolute atomic E-state index is 15.6. The highest BCUT2D eigenvalue weighted by Gasteiger charge is 2.81. The number of esters is 3. The van der Waals surface area contributed by atoms with Gasteiger partial charge in [0.05, 0.1) is 37.4 Å². The molecule has 1 aromatic carbocycles. The molecule has 1 spiro atoms. The summed E-state index contributed by atoms with van der Waals surface area (Å²) in [5.74, 6) is -2.34. The molecule has 10 rings (SSSR count). The normalized spacial score (nSPS) is 40.9. The Morgan fingerprint density at radius 2 is 1.73 bits per heavy atom. The number of likely N-dealkylation sites (N-methyl/N-ethyl adjacent to an activating group) is 1. The Hall–Kier alpha value is -3.95. The van der Waals surface area contributed by atoms with Crippen molar-refractivity contribution in [2.45, 2.75) is 101 Å². The maximum Gasteiger partial charge on any atom is 0.344 e. The molecule has 5 fully saturated rings. The van der Waals surface area contributed by atoms with Crippen molar-refractivity contribution in [1.82, 2.24) is 14.7 Å². The number of piperidine rings is 1. The summed E-state index contributed by atoms with van der Waals surface area (Å²) in [4.78, 5) is 52.5. The van der Waals surface area contributed by atoms with Crippen LogP contribution in [0.2, 0.25) is 0 Å². The molecule has 0 amide bonds. The third-order valence-electron chi connectivity index (χ3n) is 17.7. The zero-order valence-electron chi connectivity index (χ0n) is 38.2. The minimum atomic E-state index is -2.28. The van der Waals surface area contributed by atoms with Crippen molar-refractivity contribution < 1.29 is 43.5 Å². The Kier molecular flexibility index (Phi) is 10.3. The number of hydrogen-bond donors (Lipinski definition) is 2. The fourth-order valence-electron chi connectivity index (χ4n) is 15.1. The van der Waals surface area contributed by atoms with Gasteiger partial charge in [-0.1, -0.05) is 49.1 Å². The highest BCUT2D eigenvalue weighted by atomic mass is 16.6. The van der Waals surface area contributed by atoms with E-state index in [1.807, 2.05) is 18.9 Å². The van der Waals surface area contributed by atoms with E-state index < -0.39 is 63.6 Å². The van der Waals surface area contributed by atoms with Gasteiger partial charge in [-0.2, -0.15) is 0 Å². The topological polar surface area (TPSA) is 142 Å². The van der Waals surface area contributed by atoms with Crippen molar-refractivity contribution in [1.29, 1.82) is 0 Å². The lowest BCUT2D eigenvalue weighted by atomic mass is 9.46. The minimum absolute atomic E-state index is 0.0322. The lowest BCUT2D eigenvalue weighted by Crippen LogP contribution is -2.79. The van der Waals surface area contributed by atoms with Crippen LogP contribution in [-0.4, -0.2) is 160 Å². The third kappa shape index (κ3) is 5.75. The molecule has 7 heterocycles. The van der Waals surface area contributed by atoms with Crippen LogP contribution < -0.4 is 10.4 Å². The van der Waals surface area contributed by atoms with Crippen LogP contribution in [0, 0.1) is 28.1 Å². The number of hydrogen-bond acceptors (Lipinski definition) is 13. The summed E-state index contributed by atoms with van der Waals surface area (Å²) in [6, 6.07) is 5.66. The summed E-state index contributed by atoms with van der Waals surface area (Å²) >= 11 is 0. The highest BCUT2D eigenvalue weighted by Crippen LogP contribution is 2.70. The van der Waals surface area contributed by atoms with Crippen molar-refractivity contribution >= 4 is 41.9 Å². The Morgan fingerprint density at radius 3 is 2.40 bits per heavy atom. The second-order valence-corrected chi connectivity index (χ2v) is 20.4. The van der Waals surface area contributed by atoms with E-state index in [0.29, 0.717) is 59.0 Å². The van der Waals surface area contributed by atoms with Crippen molar-refractivity contribution in [2.24, 2.45) is 28.1 Å². The Bertz CT molecular complexity index is 2240. The molecule has 1 saturated carbocycles. The molecule has 0 aromatic heterocycles. The van der Waals surface area contributed by atoms with Gasteiger partial charge in [-0.05, 0) is 92.3 Å². The van der Waals surface area contributed by atoms with E-state index in [1.165, 1.54) is 49.9 Å². The molecule has 13 nitrogen and oxygen atoms in total. The first-order valence-electron chi connectivity index (χ1n) is 23.4. The number of likely N-dealkylation sites (tertiary alicyclic amines) is 1. The fourth-order valence-corrected chi connectivity index (χ4v) is 15.1. The summed E-state index contributed by atoms with van der Waals surface area (Å²) in [5.41, 5.74) is 1.44. The van der Waals surface area contributed by atoms with Crippen LogP contribution in [0.5, 0.6) is 0 Å². The fraction of sp³-hybridized carbons (Fsp3) is 0.653. The van der Waals surface area contributed by atoms with Crippen molar-refractivity contribution in [3.8, 4) is 0 Å². The molecule has 4 saturated heterocycles. The van der Waals surface area contributed by atoms with E-state index in [4.69, 9.17) is 18.9 Å². The van der Waals surface area contributed by atoms with Gasteiger partial charge in [0.2, 0.25) is 5.60 Å². The van der Waals surface area contributed by atoms with Crippen LogP contribution in [-0.2, 0) is 33.3 Å². The number of anilines is 1. The second-order valence-electron chi connectivity index (χ2n) is 20.4. The monoisotopic (exact) mass is 864 g/mol. The number of rotatable bonds is 8. The number of benzene rings is 1. The second kappa shape index (κ2) is 15.1. The molecular formula is C49H65BN4O9. The number of carbonyl (C=O) groups is 3.